The van der Waals surface area contributed by atoms with Gasteiger partial charge in [-0.1, -0.05) is 6.07 Å². The van der Waals surface area contributed by atoms with Crippen LogP contribution in [0, 0.1) is 0 Å². The summed E-state index contributed by atoms with van der Waals surface area (Å²) >= 11 is 0. The van der Waals surface area contributed by atoms with Crippen LogP contribution in [-0.4, -0.2) is 21.3 Å². The minimum absolute atomic E-state index is 0.927. The number of anilines is 1. The molecule has 1 aliphatic rings. The number of aromatic nitrogens is 3. The molecule has 0 aliphatic carbocycles. The molecule has 1 aliphatic heterocycles. The molecule has 1 N–H and O–H groups in total. The van der Waals surface area contributed by atoms with Crippen molar-refractivity contribution in [3.8, 4) is 11.4 Å². The highest BCUT2D eigenvalue weighted by Crippen LogP contribution is 2.21. The minimum Gasteiger partial charge on any atom is -0.368 e. The topological polar surface area (TPSA) is 42.7 Å². The first-order valence-electron chi connectivity index (χ1n) is 4.66. The van der Waals surface area contributed by atoms with Gasteiger partial charge in [-0.05, 0) is 12.1 Å². The Morgan fingerprint density at radius 1 is 1.29 bits per heavy atom. The van der Waals surface area contributed by atoms with E-state index in [0.717, 1.165) is 30.3 Å². The maximum absolute atomic E-state index is 4.45. The lowest BCUT2D eigenvalue weighted by molar-refractivity contribution is 0.698. The molecule has 0 fully saturated rings. The largest absolute Gasteiger partial charge is 0.368 e. The molecule has 3 rings (SSSR count). The van der Waals surface area contributed by atoms with Crippen LogP contribution in [0.1, 0.15) is 0 Å². The van der Waals surface area contributed by atoms with Crippen molar-refractivity contribution in [1.82, 2.24) is 14.8 Å². The van der Waals surface area contributed by atoms with Gasteiger partial charge in [0.2, 0.25) is 0 Å². The van der Waals surface area contributed by atoms with E-state index in [2.05, 4.69) is 15.4 Å². The van der Waals surface area contributed by atoms with Crippen LogP contribution in [0.4, 0.5) is 5.82 Å². The quantitative estimate of drug-likeness (QED) is 0.731. The second-order valence-corrected chi connectivity index (χ2v) is 3.28. The minimum atomic E-state index is 0.927. The molecular formula is C10H10N4. The lowest BCUT2D eigenvalue weighted by Gasteiger charge is -1.94. The molecule has 0 radical (unpaired) electrons. The van der Waals surface area contributed by atoms with Gasteiger partial charge < -0.3 is 5.32 Å². The highest BCUT2D eigenvalue weighted by molar-refractivity contribution is 5.59. The first-order chi connectivity index (χ1) is 6.93. The zero-order chi connectivity index (χ0) is 9.38. The third-order valence-electron chi connectivity index (χ3n) is 2.34. The average Bonchev–Trinajstić information content (AvgIpc) is 2.78. The Bertz CT molecular complexity index is 425. The molecule has 14 heavy (non-hydrogen) atoms. The monoisotopic (exact) mass is 186 g/mol. The third kappa shape index (κ3) is 1.08. The lowest BCUT2D eigenvalue weighted by atomic mass is 10.3. The Morgan fingerprint density at radius 3 is 3.07 bits per heavy atom. The summed E-state index contributed by atoms with van der Waals surface area (Å²) in [4.78, 5) is 4.26. The van der Waals surface area contributed by atoms with Crippen molar-refractivity contribution in [2.75, 3.05) is 11.9 Å². The molecule has 3 heterocycles. The highest BCUT2D eigenvalue weighted by Gasteiger charge is 2.13. The maximum Gasteiger partial charge on any atom is 0.125 e. The van der Waals surface area contributed by atoms with Crippen LogP contribution >= 0.6 is 0 Å². The summed E-state index contributed by atoms with van der Waals surface area (Å²) in [6, 6.07) is 7.89. The molecule has 0 atom stereocenters. The number of hydrogen-bond acceptors (Lipinski definition) is 3. The van der Waals surface area contributed by atoms with Crippen LogP contribution < -0.4 is 5.32 Å². The van der Waals surface area contributed by atoms with Gasteiger partial charge in [0.1, 0.15) is 11.5 Å². The van der Waals surface area contributed by atoms with E-state index < -0.39 is 0 Å². The smallest absolute Gasteiger partial charge is 0.125 e. The van der Waals surface area contributed by atoms with E-state index in [9.17, 15) is 0 Å². The molecule has 0 unspecified atom stereocenters. The Labute approximate surface area is 81.6 Å². The summed E-state index contributed by atoms with van der Waals surface area (Å²) in [6.45, 7) is 1.92. The number of fused-ring (bicyclic) bond motifs is 1. The van der Waals surface area contributed by atoms with E-state index in [-0.39, 0.29) is 0 Å². The van der Waals surface area contributed by atoms with Gasteiger partial charge >= 0.3 is 0 Å². The Balaban J connectivity index is 2.06. The molecule has 4 nitrogen and oxygen atoms in total. The number of nitrogens with one attached hydrogen (secondary N) is 1. The standard InChI is InChI=1S/C10H10N4/c1-2-4-11-8(3-1)9-7-10-12-5-6-14(10)13-9/h1-4,7,12H,5-6H2. The summed E-state index contributed by atoms with van der Waals surface area (Å²) in [6.07, 6.45) is 1.78. The molecule has 4 heteroatoms. The molecule has 2 aromatic rings. The van der Waals surface area contributed by atoms with E-state index in [4.69, 9.17) is 0 Å². The summed E-state index contributed by atoms with van der Waals surface area (Å²) < 4.78 is 1.98. The second kappa shape index (κ2) is 2.83. The number of rotatable bonds is 1. The van der Waals surface area contributed by atoms with Crippen LogP contribution in [0.3, 0.4) is 0 Å². The summed E-state index contributed by atoms with van der Waals surface area (Å²) in [5.74, 6) is 1.09. The van der Waals surface area contributed by atoms with Gasteiger partial charge in [0, 0.05) is 18.8 Å². The number of nitrogens with zero attached hydrogens (tertiary/aromatic N) is 3. The van der Waals surface area contributed by atoms with Crippen LogP contribution in [0.2, 0.25) is 0 Å². The van der Waals surface area contributed by atoms with Gasteiger partial charge in [0.25, 0.3) is 0 Å². The molecule has 0 aromatic carbocycles. The summed E-state index contributed by atoms with van der Waals surface area (Å²) in [5.41, 5.74) is 1.86. The molecule has 70 valence electrons. The Kier molecular flexibility index (Phi) is 1.53. The van der Waals surface area contributed by atoms with Crippen molar-refractivity contribution in [2.45, 2.75) is 6.54 Å². The van der Waals surface area contributed by atoms with E-state index >= 15 is 0 Å². The van der Waals surface area contributed by atoms with Crippen molar-refractivity contribution in [3.05, 3.63) is 30.5 Å². The van der Waals surface area contributed by atoms with Gasteiger partial charge in [0.15, 0.2) is 0 Å². The van der Waals surface area contributed by atoms with E-state index in [1.54, 1.807) is 6.20 Å². The van der Waals surface area contributed by atoms with Crippen molar-refractivity contribution >= 4 is 5.82 Å². The van der Waals surface area contributed by atoms with Crippen molar-refractivity contribution in [2.24, 2.45) is 0 Å². The van der Waals surface area contributed by atoms with Gasteiger partial charge in [0.05, 0.1) is 12.2 Å². The second-order valence-electron chi connectivity index (χ2n) is 3.28. The van der Waals surface area contributed by atoms with Crippen LogP contribution in [0.25, 0.3) is 11.4 Å². The fraction of sp³-hybridized carbons (Fsp3) is 0.200. The van der Waals surface area contributed by atoms with Gasteiger partial charge in [-0.3, -0.25) is 4.98 Å². The molecule has 0 amide bonds. The van der Waals surface area contributed by atoms with Gasteiger partial charge in [-0.15, -0.1) is 0 Å². The van der Waals surface area contributed by atoms with E-state index in [1.165, 1.54) is 0 Å². The Hall–Kier alpha value is -1.84. The maximum atomic E-state index is 4.45. The molecular weight excluding hydrogens is 176 g/mol. The Morgan fingerprint density at radius 2 is 2.29 bits per heavy atom. The molecule has 0 spiro atoms. The van der Waals surface area contributed by atoms with Crippen molar-refractivity contribution in [3.63, 3.8) is 0 Å². The van der Waals surface area contributed by atoms with E-state index in [1.807, 2.05) is 28.9 Å². The van der Waals surface area contributed by atoms with Gasteiger partial charge in [-0.25, -0.2) is 4.68 Å². The number of pyridine rings is 1. The molecule has 0 bridgehead atoms. The van der Waals surface area contributed by atoms with Crippen LogP contribution in [0.15, 0.2) is 30.5 Å². The van der Waals surface area contributed by atoms with Crippen molar-refractivity contribution < 1.29 is 0 Å². The fourth-order valence-electron chi connectivity index (χ4n) is 1.66. The predicted octanol–water partition coefficient (Wildman–Crippen LogP) is 1.37. The van der Waals surface area contributed by atoms with E-state index in [0.29, 0.717) is 0 Å². The lowest BCUT2D eigenvalue weighted by Crippen LogP contribution is -1.97. The first-order valence-corrected chi connectivity index (χ1v) is 4.66. The number of hydrogen-bond donors (Lipinski definition) is 1. The predicted molar refractivity (Wildman–Crippen MR) is 53.9 cm³/mol. The van der Waals surface area contributed by atoms with Crippen LogP contribution in [-0.2, 0) is 6.54 Å². The van der Waals surface area contributed by atoms with Crippen molar-refractivity contribution in [1.29, 1.82) is 0 Å². The highest BCUT2D eigenvalue weighted by atomic mass is 15.4. The first kappa shape index (κ1) is 7.55. The fourth-order valence-corrected chi connectivity index (χ4v) is 1.66. The zero-order valence-corrected chi connectivity index (χ0v) is 7.64. The molecule has 0 saturated heterocycles. The SMILES string of the molecule is c1ccc(-c2cc3n(n2)CCN3)nc1. The molecule has 2 aromatic heterocycles. The molecule has 0 saturated carbocycles. The third-order valence-corrected chi connectivity index (χ3v) is 2.34. The zero-order valence-electron chi connectivity index (χ0n) is 7.64. The summed E-state index contributed by atoms with van der Waals surface area (Å²) in [5, 5.41) is 7.72. The average molecular weight is 186 g/mol. The normalized spacial score (nSPS) is 13.7. The van der Waals surface area contributed by atoms with Gasteiger partial charge in [-0.2, -0.15) is 5.10 Å². The summed E-state index contributed by atoms with van der Waals surface area (Å²) in [7, 11) is 0. The van der Waals surface area contributed by atoms with Crippen LogP contribution in [0.5, 0.6) is 0 Å².